The molecular weight excluding hydrogens is 270 g/mol. The first-order valence-electron chi connectivity index (χ1n) is 4.92. The van der Waals surface area contributed by atoms with Gasteiger partial charge in [0.2, 0.25) is 0 Å². The van der Waals surface area contributed by atoms with Gasteiger partial charge in [0.05, 0.1) is 6.54 Å². The largest absolute Gasteiger partial charge is 0.477 e. The quantitative estimate of drug-likeness (QED) is 0.845. The zero-order valence-electron chi connectivity index (χ0n) is 9.79. The summed E-state index contributed by atoms with van der Waals surface area (Å²) in [5.41, 5.74) is 1.69. The van der Waals surface area contributed by atoms with Crippen LogP contribution in [0.5, 0.6) is 0 Å². The second-order valence-corrected chi connectivity index (χ2v) is 5.18. The molecule has 0 unspecified atom stereocenters. The summed E-state index contributed by atoms with van der Waals surface area (Å²) < 4.78 is 2.39. The van der Waals surface area contributed by atoms with Crippen LogP contribution >= 0.6 is 23.6 Å². The molecule has 0 radical (unpaired) electrons. The molecule has 0 saturated heterocycles. The Morgan fingerprint density at radius 3 is 2.83 bits per heavy atom. The van der Waals surface area contributed by atoms with E-state index < -0.39 is 5.97 Å². The number of aromatic nitrogens is 2. The molecule has 7 heteroatoms. The van der Waals surface area contributed by atoms with Crippen molar-refractivity contribution in [2.45, 2.75) is 13.5 Å². The lowest BCUT2D eigenvalue weighted by Crippen LogP contribution is -2.04. The Hall–Kier alpha value is -1.57. The molecule has 0 saturated carbocycles. The Bertz CT molecular complexity index is 604. The second kappa shape index (κ2) is 5.85. The normalized spacial score (nSPS) is 9.83. The monoisotopic (exact) mass is 283 g/mol. The molecule has 2 rings (SSSR count). The fraction of sp³-hybridized carbons (Fsp3) is 0.182. The highest BCUT2D eigenvalue weighted by Crippen LogP contribution is 2.20. The summed E-state index contributed by atoms with van der Waals surface area (Å²) in [5.74, 6) is -0.927. The van der Waals surface area contributed by atoms with Crippen LogP contribution in [0.4, 0.5) is 0 Å². The van der Waals surface area contributed by atoms with E-state index in [4.69, 9.17) is 17.3 Å². The lowest BCUT2D eigenvalue weighted by atomic mass is 10.3. The van der Waals surface area contributed by atoms with Gasteiger partial charge >= 0.3 is 5.97 Å². The van der Waals surface area contributed by atoms with Crippen molar-refractivity contribution in [2.75, 3.05) is 0 Å². The first kappa shape index (κ1) is 14.5. The maximum atomic E-state index is 11.0. The third-order valence-corrected chi connectivity index (χ3v) is 3.94. The lowest BCUT2D eigenvalue weighted by Gasteiger charge is -2.05. The molecule has 0 spiro atoms. The van der Waals surface area contributed by atoms with Crippen LogP contribution in [0.15, 0.2) is 24.5 Å². The molecule has 0 atom stereocenters. The highest BCUT2D eigenvalue weighted by atomic mass is 32.1. The minimum absolute atomic E-state index is 0. The molecule has 96 valence electrons. The van der Waals surface area contributed by atoms with Gasteiger partial charge in [-0.25, -0.2) is 4.79 Å². The average Bonchev–Trinajstić information content (AvgIpc) is 2.58. The fourth-order valence-corrected chi connectivity index (χ4v) is 2.81. The van der Waals surface area contributed by atoms with Gasteiger partial charge in [0.1, 0.15) is 4.88 Å². The highest BCUT2D eigenvalue weighted by molar-refractivity contribution is 7.73. The summed E-state index contributed by atoms with van der Waals surface area (Å²) in [6.45, 7) is 2.33. The highest BCUT2D eigenvalue weighted by Gasteiger charge is 2.14. The third-order valence-electron chi connectivity index (χ3n) is 2.40. The van der Waals surface area contributed by atoms with Crippen LogP contribution in [0.2, 0.25) is 0 Å². The molecule has 0 bridgehead atoms. The van der Waals surface area contributed by atoms with Crippen LogP contribution in [0.25, 0.3) is 0 Å². The van der Waals surface area contributed by atoms with Crippen LogP contribution < -0.4 is 6.15 Å². The van der Waals surface area contributed by atoms with E-state index in [1.807, 2.05) is 16.7 Å². The number of pyridine rings is 1. The average molecular weight is 283 g/mol. The summed E-state index contributed by atoms with van der Waals surface area (Å²) in [6, 6.07) is 3.78. The Kier molecular flexibility index (Phi) is 4.71. The van der Waals surface area contributed by atoms with Crippen LogP contribution in [0.3, 0.4) is 0 Å². The third kappa shape index (κ3) is 2.81. The van der Waals surface area contributed by atoms with Gasteiger partial charge in [-0.1, -0.05) is 17.4 Å². The summed E-state index contributed by atoms with van der Waals surface area (Å²) in [6.07, 6.45) is 3.45. The van der Waals surface area contributed by atoms with E-state index in [1.54, 1.807) is 19.3 Å². The Labute approximate surface area is 113 Å². The van der Waals surface area contributed by atoms with E-state index in [9.17, 15) is 4.79 Å². The maximum Gasteiger partial charge on any atom is 0.347 e. The van der Waals surface area contributed by atoms with Gasteiger partial charge in [0.25, 0.3) is 0 Å². The Balaban J connectivity index is 0.00000162. The van der Waals surface area contributed by atoms with Crippen molar-refractivity contribution in [3.63, 3.8) is 0 Å². The molecule has 5 nitrogen and oxygen atoms in total. The van der Waals surface area contributed by atoms with Gasteiger partial charge in [-0.3, -0.25) is 4.98 Å². The van der Waals surface area contributed by atoms with Crippen molar-refractivity contribution in [1.29, 1.82) is 0 Å². The van der Waals surface area contributed by atoms with Crippen molar-refractivity contribution in [3.8, 4) is 0 Å². The standard InChI is InChI=1S/C11H10N2O2S2.H3N/c1-7-9(10(14)15)17-11(16)13(7)6-8-3-2-4-12-5-8;/h2-5H,6H2,1H3,(H,14,15);1H3. The molecule has 0 aliphatic heterocycles. The zero-order valence-corrected chi connectivity index (χ0v) is 11.4. The van der Waals surface area contributed by atoms with Crippen LogP contribution in [0.1, 0.15) is 20.9 Å². The number of carbonyl (C=O) groups is 1. The van der Waals surface area contributed by atoms with Crippen molar-refractivity contribution in [3.05, 3.63) is 44.6 Å². The minimum atomic E-state index is -0.927. The van der Waals surface area contributed by atoms with Gasteiger partial charge in [-0.15, -0.1) is 0 Å². The molecular formula is C11H13N3O2S2. The summed E-state index contributed by atoms with van der Waals surface area (Å²) in [7, 11) is 0. The van der Waals surface area contributed by atoms with E-state index in [-0.39, 0.29) is 6.15 Å². The van der Waals surface area contributed by atoms with Gasteiger partial charge in [0, 0.05) is 18.1 Å². The van der Waals surface area contributed by atoms with Gasteiger partial charge < -0.3 is 15.8 Å². The number of hydrogen-bond donors (Lipinski definition) is 2. The first-order chi connectivity index (χ1) is 8.09. The molecule has 4 N–H and O–H groups in total. The Morgan fingerprint density at radius 2 is 2.33 bits per heavy atom. The van der Waals surface area contributed by atoms with Gasteiger partial charge in [-0.2, -0.15) is 0 Å². The van der Waals surface area contributed by atoms with E-state index in [0.717, 1.165) is 16.9 Å². The fourth-order valence-electron chi connectivity index (χ4n) is 1.53. The number of rotatable bonds is 3. The molecule has 2 aromatic rings. The molecule has 0 aliphatic carbocycles. The van der Waals surface area contributed by atoms with E-state index in [1.165, 1.54) is 0 Å². The molecule has 0 fully saturated rings. The lowest BCUT2D eigenvalue weighted by molar-refractivity contribution is 0.0701. The first-order valence-corrected chi connectivity index (χ1v) is 6.14. The zero-order chi connectivity index (χ0) is 12.4. The molecule has 0 aliphatic rings. The van der Waals surface area contributed by atoms with Crippen molar-refractivity contribution < 1.29 is 9.90 Å². The van der Waals surface area contributed by atoms with Crippen molar-refractivity contribution in [2.24, 2.45) is 0 Å². The van der Waals surface area contributed by atoms with E-state index in [2.05, 4.69) is 4.98 Å². The van der Waals surface area contributed by atoms with E-state index >= 15 is 0 Å². The number of nitrogens with zero attached hydrogens (tertiary/aromatic N) is 2. The Morgan fingerprint density at radius 1 is 1.61 bits per heavy atom. The number of carboxylic acid groups (broad SMARTS) is 1. The molecule has 18 heavy (non-hydrogen) atoms. The molecule has 0 amide bonds. The number of thiazole rings is 1. The minimum Gasteiger partial charge on any atom is -0.477 e. The summed E-state index contributed by atoms with van der Waals surface area (Å²) in [5, 5.41) is 9.01. The van der Waals surface area contributed by atoms with Crippen molar-refractivity contribution >= 4 is 29.5 Å². The number of aromatic carboxylic acids is 1. The molecule has 0 aromatic carbocycles. The molecule has 2 heterocycles. The predicted octanol–water partition coefficient (Wildman–Crippen LogP) is 2.89. The molecule has 2 aromatic heterocycles. The number of carboxylic acids is 1. The second-order valence-electron chi connectivity index (χ2n) is 3.54. The summed E-state index contributed by atoms with van der Waals surface area (Å²) >= 11 is 6.30. The van der Waals surface area contributed by atoms with E-state index in [0.29, 0.717) is 21.1 Å². The van der Waals surface area contributed by atoms with Crippen molar-refractivity contribution in [1.82, 2.24) is 15.7 Å². The van der Waals surface area contributed by atoms with Gasteiger partial charge in [0.15, 0.2) is 3.95 Å². The topological polar surface area (TPSA) is 90.1 Å². The van der Waals surface area contributed by atoms with Crippen LogP contribution in [0, 0.1) is 10.9 Å². The summed E-state index contributed by atoms with van der Waals surface area (Å²) in [4.78, 5) is 15.3. The smallest absolute Gasteiger partial charge is 0.347 e. The maximum absolute atomic E-state index is 11.0. The SMILES string of the molecule is Cc1c(C(=O)O)sc(=S)n1Cc1cccnc1.N. The van der Waals surface area contributed by atoms with Gasteiger partial charge in [-0.05, 0) is 30.8 Å². The predicted molar refractivity (Wildman–Crippen MR) is 73.2 cm³/mol. The van der Waals surface area contributed by atoms with Crippen LogP contribution in [-0.2, 0) is 6.54 Å². The number of hydrogen-bond acceptors (Lipinski definition) is 5. The van der Waals surface area contributed by atoms with Crippen LogP contribution in [-0.4, -0.2) is 20.6 Å².